The molecule has 1 aromatic carbocycles. The highest BCUT2D eigenvalue weighted by Gasteiger charge is 2.32. The van der Waals surface area contributed by atoms with Crippen LogP contribution in [0.5, 0.6) is 0 Å². The zero-order valence-electron chi connectivity index (χ0n) is 22.9. The predicted octanol–water partition coefficient (Wildman–Crippen LogP) is 4.04. The molecule has 1 saturated heterocycles. The molecular weight excluding hydrogens is 550 g/mol. The summed E-state index contributed by atoms with van der Waals surface area (Å²) in [5.41, 5.74) is 0.928. The van der Waals surface area contributed by atoms with E-state index in [9.17, 15) is 19.2 Å². The summed E-state index contributed by atoms with van der Waals surface area (Å²) in [6.45, 7) is 1.89. The van der Waals surface area contributed by atoms with Crippen LogP contribution in [0.1, 0.15) is 46.6 Å². The number of aromatic nitrogens is 1. The number of fused-ring (bicyclic) bond motifs is 1. The monoisotopic (exact) mass is 581 g/mol. The summed E-state index contributed by atoms with van der Waals surface area (Å²) in [5, 5.41) is 6.44. The highest BCUT2D eigenvalue weighted by Crippen LogP contribution is 2.35. The van der Waals surface area contributed by atoms with Gasteiger partial charge in [-0.05, 0) is 56.0 Å². The van der Waals surface area contributed by atoms with Crippen molar-refractivity contribution in [2.45, 2.75) is 25.7 Å². The van der Waals surface area contributed by atoms with Crippen LogP contribution in [-0.4, -0.2) is 78.8 Å². The number of anilines is 2. The van der Waals surface area contributed by atoms with E-state index in [2.05, 4.69) is 15.6 Å². The number of hydrogen-bond acceptors (Lipinski definition) is 7. The second kappa shape index (κ2) is 12.3. The van der Waals surface area contributed by atoms with E-state index in [1.54, 1.807) is 54.2 Å². The Kier molecular flexibility index (Phi) is 8.55. The molecule has 2 fully saturated rings. The van der Waals surface area contributed by atoms with Crippen LogP contribution in [0, 0.1) is 11.8 Å². The number of carbonyl (C=O) groups excluding carboxylic acids is 4. The first-order valence-corrected chi connectivity index (χ1v) is 14.0. The van der Waals surface area contributed by atoms with Gasteiger partial charge in [0.15, 0.2) is 0 Å². The lowest BCUT2D eigenvalue weighted by molar-refractivity contribution is -0.135. The van der Waals surface area contributed by atoms with E-state index in [1.807, 2.05) is 0 Å². The Morgan fingerprint density at radius 3 is 2.34 bits per heavy atom. The lowest BCUT2D eigenvalue weighted by Gasteiger charge is -2.28. The molecule has 5 rings (SSSR count). The molecule has 1 aliphatic carbocycles. The SMILES string of the molecule is CN(C)C(=O)[C@H]1CC[C@H](C(=O)Nc2c(C(=O)Nc3ccc(Cl)cn3)oc3ccc(C(=O)N4CCOCC4)cc23)CC1. The molecule has 3 heterocycles. The number of furan rings is 1. The molecule has 0 radical (unpaired) electrons. The minimum absolute atomic E-state index is 0.0666. The van der Waals surface area contributed by atoms with Gasteiger partial charge in [0.1, 0.15) is 17.1 Å². The minimum Gasteiger partial charge on any atom is -0.449 e. The molecular formula is C29H32ClN5O6. The summed E-state index contributed by atoms with van der Waals surface area (Å²) in [7, 11) is 3.46. The van der Waals surface area contributed by atoms with E-state index in [0.717, 1.165) is 0 Å². The summed E-state index contributed by atoms with van der Waals surface area (Å²) in [6, 6.07) is 8.03. The molecule has 2 aliphatic rings. The fraction of sp³-hybridized carbons (Fsp3) is 0.414. The summed E-state index contributed by atoms with van der Waals surface area (Å²) in [4.78, 5) is 59.8. The average Bonchev–Trinajstić information content (AvgIpc) is 3.35. The van der Waals surface area contributed by atoms with Gasteiger partial charge >= 0.3 is 0 Å². The van der Waals surface area contributed by atoms with Crippen molar-refractivity contribution in [1.29, 1.82) is 0 Å². The fourth-order valence-electron chi connectivity index (χ4n) is 5.28. The third kappa shape index (κ3) is 6.36. The Bertz CT molecular complexity index is 1460. The first-order valence-electron chi connectivity index (χ1n) is 13.6. The summed E-state index contributed by atoms with van der Waals surface area (Å²) >= 11 is 5.91. The number of rotatable bonds is 6. The van der Waals surface area contributed by atoms with Crippen LogP contribution in [0.2, 0.25) is 5.02 Å². The Morgan fingerprint density at radius 1 is 0.976 bits per heavy atom. The molecule has 0 atom stereocenters. The van der Waals surface area contributed by atoms with Crippen molar-refractivity contribution >= 4 is 57.7 Å². The minimum atomic E-state index is -0.618. The summed E-state index contributed by atoms with van der Waals surface area (Å²) in [5.74, 6) is -1.30. The maximum atomic E-state index is 13.5. The maximum absolute atomic E-state index is 13.5. The molecule has 2 N–H and O–H groups in total. The van der Waals surface area contributed by atoms with Crippen molar-refractivity contribution in [3.05, 3.63) is 52.9 Å². The topological polar surface area (TPSA) is 134 Å². The van der Waals surface area contributed by atoms with E-state index >= 15 is 0 Å². The van der Waals surface area contributed by atoms with E-state index < -0.39 is 5.91 Å². The first-order chi connectivity index (χ1) is 19.7. The van der Waals surface area contributed by atoms with Crippen LogP contribution in [0.25, 0.3) is 11.0 Å². The van der Waals surface area contributed by atoms with Crippen LogP contribution < -0.4 is 10.6 Å². The van der Waals surface area contributed by atoms with Gasteiger partial charge < -0.3 is 29.6 Å². The van der Waals surface area contributed by atoms with Gasteiger partial charge in [-0.2, -0.15) is 0 Å². The van der Waals surface area contributed by atoms with Crippen molar-refractivity contribution in [2.75, 3.05) is 51.0 Å². The van der Waals surface area contributed by atoms with Gasteiger partial charge in [-0.1, -0.05) is 11.6 Å². The van der Waals surface area contributed by atoms with Gasteiger partial charge in [0.2, 0.25) is 17.6 Å². The second-order valence-corrected chi connectivity index (χ2v) is 10.9. The molecule has 12 heteroatoms. The number of morpholine rings is 1. The molecule has 3 aromatic rings. The number of amides is 4. The van der Waals surface area contributed by atoms with E-state index in [0.29, 0.717) is 73.5 Å². The van der Waals surface area contributed by atoms with E-state index in [-0.39, 0.29) is 46.8 Å². The molecule has 0 bridgehead atoms. The summed E-state index contributed by atoms with van der Waals surface area (Å²) < 4.78 is 11.3. The van der Waals surface area contributed by atoms with Crippen molar-refractivity contribution in [1.82, 2.24) is 14.8 Å². The summed E-state index contributed by atoms with van der Waals surface area (Å²) in [6.07, 6.45) is 3.70. The number of ether oxygens (including phenoxy) is 1. The molecule has 0 unspecified atom stereocenters. The third-order valence-corrected chi connectivity index (χ3v) is 7.77. The number of pyridine rings is 1. The van der Waals surface area contributed by atoms with Crippen LogP contribution in [-0.2, 0) is 14.3 Å². The van der Waals surface area contributed by atoms with Gasteiger partial charge in [0.05, 0.1) is 18.2 Å². The molecule has 0 spiro atoms. The molecule has 1 aliphatic heterocycles. The molecule has 41 heavy (non-hydrogen) atoms. The molecule has 1 saturated carbocycles. The van der Waals surface area contributed by atoms with Crippen molar-refractivity contribution in [3.63, 3.8) is 0 Å². The largest absolute Gasteiger partial charge is 0.449 e. The first kappa shape index (κ1) is 28.6. The van der Waals surface area contributed by atoms with Gasteiger partial charge in [-0.15, -0.1) is 0 Å². The number of nitrogens with zero attached hydrogens (tertiary/aromatic N) is 3. The highest BCUT2D eigenvalue weighted by molar-refractivity contribution is 6.30. The Balaban J connectivity index is 1.43. The smallest absolute Gasteiger partial charge is 0.294 e. The number of carbonyl (C=O) groups is 4. The average molecular weight is 582 g/mol. The van der Waals surface area contributed by atoms with Gasteiger partial charge in [-0.3, -0.25) is 19.2 Å². The van der Waals surface area contributed by atoms with Crippen LogP contribution in [0.3, 0.4) is 0 Å². The van der Waals surface area contributed by atoms with Gasteiger partial charge in [0, 0.05) is 56.2 Å². The third-order valence-electron chi connectivity index (χ3n) is 7.54. The normalized spacial score (nSPS) is 19.0. The lowest BCUT2D eigenvalue weighted by Crippen LogP contribution is -2.40. The molecule has 4 amide bonds. The standard InChI is InChI=1S/C29H32ClN5O6/c1-34(2)28(38)18-5-3-17(4-6-18)26(36)33-24-21-15-19(29(39)35-11-13-40-14-12-35)7-9-22(21)41-25(24)27(37)32-23-10-8-20(30)16-31-23/h7-10,15-18H,3-6,11-14H2,1-2H3,(H,33,36)(H,31,32,37)/t17-,18-. The van der Waals surface area contributed by atoms with Crippen LogP contribution in [0.4, 0.5) is 11.5 Å². The maximum Gasteiger partial charge on any atom is 0.294 e. The Hall–Kier alpha value is -3.96. The van der Waals surface area contributed by atoms with Gasteiger partial charge in [-0.25, -0.2) is 4.98 Å². The highest BCUT2D eigenvalue weighted by atomic mass is 35.5. The quantitative estimate of drug-likeness (QED) is 0.449. The Labute approximate surface area is 242 Å². The number of nitrogens with one attached hydrogen (secondary N) is 2. The fourth-order valence-corrected chi connectivity index (χ4v) is 5.39. The van der Waals surface area contributed by atoms with Gasteiger partial charge in [0.25, 0.3) is 11.8 Å². The molecule has 2 aromatic heterocycles. The van der Waals surface area contributed by atoms with Crippen molar-refractivity contribution < 1.29 is 28.3 Å². The number of benzene rings is 1. The number of halogens is 1. The predicted molar refractivity (Wildman–Crippen MR) is 153 cm³/mol. The Morgan fingerprint density at radius 2 is 1.68 bits per heavy atom. The lowest BCUT2D eigenvalue weighted by atomic mass is 9.81. The van der Waals surface area contributed by atoms with Crippen LogP contribution >= 0.6 is 11.6 Å². The second-order valence-electron chi connectivity index (χ2n) is 10.5. The zero-order chi connectivity index (χ0) is 29.1. The molecule has 11 nitrogen and oxygen atoms in total. The van der Waals surface area contributed by atoms with Crippen molar-refractivity contribution in [3.8, 4) is 0 Å². The van der Waals surface area contributed by atoms with Crippen LogP contribution in [0.15, 0.2) is 40.9 Å². The zero-order valence-corrected chi connectivity index (χ0v) is 23.7. The van der Waals surface area contributed by atoms with E-state index in [1.165, 1.54) is 6.20 Å². The molecule has 216 valence electrons. The van der Waals surface area contributed by atoms with Crippen molar-refractivity contribution in [2.24, 2.45) is 11.8 Å². The van der Waals surface area contributed by atoms with E-state index in [4.69, 9.17) is 20.8 Å². The number of hydrogen-bond donors (Lipinski definition) is 2.